The van der Waals surface area contributed by atoms with Gasteiger partial charge in [-0.25, -0.2) is 0 Å². The van der Waals surface area contributed by atoms with E-state index in [0.717, 1.165) is 30.6 Å². The highest BCUT2D eigenvalue weighted by atomic mass is 16.3. The summed E-state index contributed by atoms with van der Waals surface area (Å²) in [4.78, 5) is 17.2. The second-order valence-corrected chi connectivity index (χ2v) is 7.61. The van der Waals surface area contributed by atoms with E-state index in [1.165, 1.54) is 25.9 Å². The summed E-state index contributed by atoms with van der Waals surface area (Å²) in [5.74, 6) is 0.799. The van der Waals surface area contributed by atoms with Crippen molar-refractivity contribution in [3.8, 4) is 0 Å². The monoisotopic (exact) mass is 346 g/mol. The fourth-order valence-corrected chi connectivity index (χ4v) is 4.17. The molecule has 1 amide bonds. The van der Waals surface area contributed by atoms with Crippen molar-refractivity contribution in [2.45, 2.75) is 32.3 Å². The number of aliphatic hydroxyl groups excluding tert-OH is 2. The smallest absolute Gasteiger partial charge is 0.227 e. The van der Waals surface area contributed by atoms with Gasteiger partial charge in [-0.05, 0) is 55.3 Å². The van der Waals surface area contributed by atoms with Gasteiger partial charge in [0.15, 0.2) is 0 Å². The number of amides is 1. The Morgan fingerprint density at radius 2 is 1.64 bits per heavy atom. The second-order valence-electron chi connectivity index (χ2n) is 7.61. The molecule has 3 rings (SSSR count). The van der Waals surface area contributed by atoms with Crippen molar-refractivity contribution in [3.63, 3.8) is 0 Å². The summed E-state index contributed by atoms with van der Waals surface area (Å²) >= 11 is 0. The number of hydrogen-bond donors (Lipinski definition) is 2. The summed E-state index contributed by atoms with van der Waals surface area (Å²) in [7, 11) is 0. The van der Waals surface area contributed by atoms with E-state index < -0.39 is 0 Å². The van der Waals surface area contributed by atoms with E-state index in [0.29, 0.717) is 18.9 Å². The number of piperidine rings is 1. The van der Waals surface area contributed by atoms with E-state index in [9.17, 15) is 9.90 Å². The SMILES string of the molecule is O=C(Cc1ccc(CO)cc1)N1C[C@H](CO)C[C@@H](CN2CCCC2)C1. The van der Waals surface area contributed by atoms with Gasteiger partial charge >= 0.3 is 0 Å². The molecular weight excluding hydrogens is 316 g/mol. The fraction of sp³-hybridized carbons (Fsp3) is 0.650. The van der Waals surface area contributed by atoms with Crippen LogP contribution < -0.4 is 0 Å². The minimum Gasteiger partial charge on any atom is -0.396 e. The Labute approximate surface area is 150 Å². The predicted molar refractivity (Wildman–Crippen MR) is 97.0 cm³/mol. The highest BCUT2D eigenvalue weighted by Crippen LogP contribution is 2.24. The quantitative estimate of drug-likeness (QED) is 0.814. The van der Waals surface area contributed by atoms with Crippen LogP contribution in [0.2, 0.25) is 0 Å². The maximum Gasteiger partial charge on any atom is 0.227 e. The first kappa shape index (κ1) is 18.4. The lowest BCUT2D eigenvalue weighted by atomic mass is 9.89. The molecule has 0 bridgehead atoms. The van der Waals surface area contributed by atoms with Gasteiger partial charge in [0.2, 0.25) is 5.91 Å². The molecule has 5 nitrogen and oxygen atoms in total. The Morgan fingerprint density at radius 1 is 1.00 bits per heavy atom. The molecule has 1 aromatic carbocycles. The van der Waals surface area contributed by atoms with E-state index in [1.54, 1.807) is 0 Å². The minimum atomic E-state index is 0.0245. The molecule has 2 N–H and O–H groups in total. The van der Waals surface area contributed by atoms with Crippen LogP contribution in [-0.4, -0.2) is 65.3 Å². The molecule has 0 saturated carbocycles. The number of likely N-dealkylation sites (tertiary alicyclic amines) is 2. The summed E-state index contributed by atoms with van der Waals surface area (Å²) < 4.78 is 0. The van der Waals surface area contributed by atoms with Gasteiger partial charge in [0, 0.05) is 26.2 Å². The first-order valence-corrected chi connectivity index (χ1v) is 9.47. The number of benzene rings is 1. The predicted octanol–water partition coefficient (Wildman–Crippen LogP) is 1.27. The van der Waals surface area contributed by atoms with Gasteiger partial charge in [0.1, 0.15) is 0 Å². The van der Waals surface area contributed by atoms with Gasteiger partial charge in [-0.2, -0.15) is 0 Å². The van der Waals surface area contributed by atoms with Crippen LogP contribution in [0.25, 0.3) is 0 Å². The lowest BCUT2D eigenvalue weighted by Gasteiger charge is -2.38. The van der Waals surface area contributed by atoms with Crippen LogP contribution in [0.4, 0.5) is 0 Å². The Hall–Kier alpha value is -1.43. The molecule has 2 aliphatic heterocycles. The third-order valence-corrected chi connectivity index (χ3v) is 5.51. The highest BCUT2D eigenvalue weighted by molar-refractivity contribution is 5.79. The van der Waals surface area contributed by atoms with Gasteiger partial charge < -0.3 is 20.0 Å². The molecule has 2 heterocycles. The zero-order valence-corrected chi connectivity index (χ0v) is 14.9. The van der Waals surface area contributed by atoms with Crippen LogP contribution in [0.5, 0.6) is 0 Å². The van der Waals surface area contributed by atoms with Gasteiger partial charge in [0.25, 0.3) is 0 Å². The van der Waals surface area contributed by atoms with Gasteiger partial charge in [-0.15, -0.1) is 0 Å². The molecule has 0 radical (unpaired) electrons. The van der Waals surface area contributed by atoms with Crippen molar-refractivity contribution in [3.05, 3.63) is 35.4 Å². The van der Waals surface area contributed by atoms with Crippen molar-refractivity contribution in [1.29, 1.82) is 0 Å². The minimum absolute atomic E-state index is 0.0245. The van der Waals surface area contributed by atoms with E-state index >= 15 is 0 Å². The lowest BCUT2D eigenvalue weighted by Crippen LogP contribution is -2.48. The van der Waals surface area contributed by atoms with Gasteiger partial charge in [-0.1, -0.05) is 24.3 Å². The average Bonchev–Trinajstić information content (AvgIpc) is 3.15. The molecule has 0 unspecified atom stereocenters. The summed E-state index contributed by atoms with van der Waals surface area (Å²) in [6.07, 6.45) is 3.97. The van der Waals surface area contributed by atoms with Crippen molar-refractivity contribution in [2.24, 2.45) is 11.8 Å². The first-order valence-electron chi connectivity index (χ1n) is 9.47. The summed E-state index contributed by atoms with van der Waals surface area (Å²) in [5, 5.41) is 18.8. The van der Waals surface area contributed by atoms with E-state index in [2.05, 4.69) is 4.90 Å². The second kappa shape index (κ2) is 8.79. The Bertz CT molecular complexity index is 555. The Morgan fingerprint density at radius 3 is 2.28 bits per heavy atom. The highest BCUT2D eigenvalue weighted by Gasteiger charge is 2.31. The average molecular weight is 346 g/mol. The van der Waals surface area contributed by atoms with Gasteiger partial charge in [0.05, 0.1) is 13.0 Å². The summed E-state index contributed by atoms with van der Waals surface area (Å²) in [6.45, 7) is 5.05. The van der Waals surface area contributed by atoms with Crippen LogP contribution in [0.15, 0.2) is 24.3 Å². The summed E-state index contributed by atoms with van der Waals surface area (Å²) in [5.41, 5.74) is 1.84. The topological polar surface area (TPSA) is 64.0 Å². The standard InChI is InChI=1S/C20H30N2O3/c23-14-17-5-3-16(4-6-17)10-20(25)22-12-18(9-19(13-22)15-24)11-21-7-1-2-8-21/h3-6,18-19,23-24H,1-2,7-15H2/t18-,19+/m0/s1. The molecule has 0 aromatic heterocycles. The third kappa shape index (κ3) is 5.03. The maximum absolute atomic E-state index is 12.7. The number of nitrogens with zero attached hydrogens (tertiary/aromatic N) is 2. The first-order chi connectivity index (χ1) is 12.2. The molecule has 5 heteroatoms. The molecule has 138 valence electrons. The van der Waals surface area contributed by atoms with Crippen LogP contribution in [0.1, 0.15) is 30.4 Å². The van der Waals surface area contributed by atoms with Crippen LogP contribution in [0.3, 0.4) is 0 Å². The largest absolute Gasteiger partial charge is 0.396 e. The van der Waals surface area contributed by atoms with Crippen molar-refractivity contribution in [1.82, 2.24) is 9.80 Å². The van der Waals surface area contributed by atoms with E-state index in [1.807, 2.05) is 29.2 Å². The number of rotatable bonds is 6. The summed E-state index contributed by atoms with van der Waals surface area (Å²) in [6, 6.07) is 7.56. The van der Waals surface area contributed by atoms with Crippen LogP contribution >= 0.6 is 0 Å². The Balaban J connectivity index is 1.58. The molecular formula is C20H30N2O3. The fourth-order valence-electron chi connectivity index (χ4n) is 4.17. The normalized spacial score (nSPS) is 24.6. The lowest BCUT2D eigenvalue weighted by molar-refractivity contribution is -0.134. The number of carbonyl (C=O) groups excluding carboxylic acids is 1. The number of aliphatic hydroxyl groups is 2. The molecule has 2 aliphatic rings. The van der Waals surface area contributed by atoms with Crippen molar-refractivity contribution < 1.29 is 15.0 Å². The molecule has 25 heavy (non-hydrogen) atoms. The van der Waals surface area contributed by atoms with Crippen LogP contribution in [0, 0.1) is 11.8 Å². The van der Waals surface area contributed by atoms with Crippen LogP contribution in [-0.2, 0) is 17.8 Å². The molecule has 0 aliphatic carbocycles. The van der Waals surface area contributed by atoms with Crippen molar-refractivity contribution in [2.75, 3.05) is 39.3 Å². The molecule has 2 atom stereocenters. The molecule has 2 fully saturated rings. The van der Waals surface area contributed by atoms with Crippen molar-refractivity contribution >= 4 is 5.91 Å². The molecule has 0 spiro atoms. The van der Waals surface area contributed by atoms with E-state index in [4.69, 9.17) is 5.11 Å². The Kier molecular flexibility index (Phi) is 6.45. The molecule has 2 saturated heterocycles. The van der Waals surface area contributed by atoms with Gasteiger partial charge in [-0.3, -0.25) is 4.79 Å². The molecule has 1 aromatic rings. The zero-order chi connectivity index (χ0) is 17.6. The third-order valence-electron chi connectivity index (χ3n) is 5.51. The maximum atomic E-state index is 12.7. The number of carbonyl (C=O) groups is 1. The number of hydrogen-bond acceptors (Lipinski definition) is 4. The zero-order valence-electron chi connectivity index (χ0n) is 14.9. The van der Waals surface area contributed by atoms with E-state index in [-0.39, 0.29) is 25.0 Å².